The molecule has 7 heteroatoms. The van der Waals surface area contributed by atoms with Gasteiger partial charge in [-0.3, -0.25) is 0 Å². The molecule has 0 heterocycles. The third-order valence-electron chi connectivity index (χ3n) is 3.00. The Balaban J connectivity index is 3.11. The second-order valence-corrected chi connectivity index (χ2v) is 7.85. The van der Waals surface area contributed by atoms with Crippen LogP contribution in [0.1, 0.15) is 54.4 Å². The van der Waals surface area contributed by atoms with Crippen molar-refractivity contribution in [2.24, 2.45) is 5.73 Å². The van der Waals surface area contributed by atoms with E-state index in [4.69, 9.17) is 15.2 Å². The lowest BCUT2D eigenvalue weighted by Gasteiger charge is -2.31. The van der Waals surface area contributed by atoms with E-state index in [0.29, 0.717) is 12.8 Å². The topological polar surface area (TPSA) is 102 Å². The van der Waals surface area contributed by atoms with E-state index in [-0.39, 0.29) is 6.54 Å². The molecule has 0 aromatic rings. The maximum Gasteiger partial charge on any atom is 0.421 e. The Morgan fingerprint density at radius 2 is 1.54 bits per heavy atom. The molecule has 24 heavy (non-hydrogen) atoms. The summed E-state index contributed by atoms with van der Waals surface area (Å²) in [6.07, 6.45) is -1.65. The van der Waals surface area contributed by atoms with Crippen molar-refractivity contribution in [2.75, 3.05) is 6.54 Å². The fourth-order valence-corrected chi connectivity index (χ4v) is 1.84. The van der Waals surface area contributed by atoms with Crippen LogP contribution in [-0.4, -0.2) is 51.6 Å². The van der Waals surface area contributed by atoms with E-state index in [1.54, 1.807) is 41.5 Å². The summed E-state index contributed by atoms with van der Waals surface area (Å²) >= 11 is 0. The zero-order chi connectivity index (χ0) is 18.8. The molecule has 136 valence electrons. The zero-order valence-electron chi connectivity index (χ0n) is 15.3. The summed E-state index contributed by atoms with van der Waals surface area (Å²) < 4.78 is 10.7. The summed E-state index contributed by atoms with van der Waals surface area (Å²) in [5.41, 5.74) is 2.79. The molecular weight excluding hydrogens is 312 g/mol. The van der Waals surface area contributed by atoms with Crippen LogP contribution in [-0.2, 0) is 9.47 Å². The van der Waals surface area contributed by atoms with Gasteiger partial charge in [0.25, 0.3) is 0 Å². The monoisotopic (exact) mass is 340 g/mol. The number of ether oxygens (including phenoxy) is 2. The average Bonchev–Trinajstić information content (AvgIpc) is 3.12. The van der Waals surface area contributed by atoms with Gasteiger partial charge in [-0.15, -0.1) is 0 Å². The van der Waals surface area contributed by atoms with Gasteiger partial charge in [0, 0.05) is 6.54 Å². The Morgan fingerprint density at radius 3 is 1.83 bits per heavy atom. The number of amides is 2. The Kier molecular flexibility index (Phi) is 5.91. The van der Waals surface area contributed by atoms with Crippen LogP contribution in [0.5, 0.6) is 0 Å². The van der Waals surface area contributed by atoms with E-state index in [1.807, 2.05) is 0 Å². The quantitative estimate of drug-likeness (QED) is 0.746. The summed E-state index contributed by atoms with van der Waals surface area (Å²) in [7, 11) is 0. The summed E-state index contributed by atoms with van der Waals surface area (Å²) in [5.74, 6) is 5.37. The van der Waals surface area contributed by atoms with Crippen LogP contribution in [0, 0.1) is 11.8 Å². The molecule has 0 aromatic carbocycles. The molecule has 0 radical (unpaired) electrons. The molecule has 1 unspecified atom stereocenters. The third kappa shape index (κ3) is 6.02. The molecule has 1 aliphatic rings. The lowest BCUT2D eigenvalue weighted by atomic mass is 10.2. The Morgan fingerprint density at radius 1 is 1.12 bits per heavy atom. The predicted octanol–water partition coefficient (Wildman–Crippen LogP) is 2.01. The number of nitrogens with zero attached hydrogens (tertiary/aromatic N) is 1. The molecule has 0 spiro atoms. The van der Waals surface area contributed by atoms with E-state index in [9.17, 15) is 14.7 Å². The molecule has 1 fully saturated rings. The maximum atomic E-state index is 12.5. The number of aliphatic hydroxyl groups excluding tert-OH is 1. The number of rotatable bonds is 2. The normalized spacial score (nSPS) is 17.2. The Hall–Kier alpha value is -1.78. The first kappa shape index (κ1) is 20.3. The second-order valence-electron chi connectivity index (χ2n) is 7.85. The standard InChI is InChI=1S/C17H28N2O5/c1-15(2,3)23-13(21)19(14(22)24-16(4,5)6)17(9-10-17)8-7-12(20)11-18/h12,20H,9-11,18H2,1-6H3. The molecule has 0 bridgehead atoms. The van der Waals surface area contributed by atoms with Crippen LogP contribution in [0.2, 0.25) is 0 Å². The molecule has 0 saturated heterocycles. The van der Waals surface area contributed by atoms with E-state index in [1.165, 1.54) is 0 Å². The number of nitrogens with two attached hydrogens (primary N) is 1. The fraction of sp³-hybridized carbons (Fsp3) is 0.765. The molecule has 1 rings (SSSR count). The van der Waals surface area contributed by atoms with Crippen LogP contribution >= 0.6 is 0 Å². The highest BCUT2D eigenvalue weighted by Gasteiger charge is 2.55. The lowest BCUT2D eigenvalue weighted by molar-refractivity contribution is -0.00514. The van der Waals surface area contributed by atoms with Gasteiger partial charge >= 0.3 is 12.2 Å². The van der Waals surface area contributed by atoms with E-state index in [2.05, 4.69) is 11.8 Å². The van der Waals surface area contributed by atoms with Gasteiger partial charge in [-0.25, -0.2) is 9.59 Å². The van der Waals surface area contributed by atoms with Crippen LogP contribution in [0.3, 0.4) is 0 Å². The number of imide groups is 1. The fourth-order valence-electron chi connectivity index (χ4n) is 1.84. The van der Waals surface area contributed by atoms with E-state index < -0.39 is 35.0 Å². The summed E-state index contributed by atoms with van der Waals surface area (Å²) in [4.78, 5) is 26.0. The van der Waals surface area contributed by atoms with Crippen molar-refractivity contribution < 1.29 is 24.2 Å². The van der Waals surface area contributed by atoms with Gasteiger partial charge < -0.3 is 20.3 Å². The van der Waals surface area contributed by atoms with Gasteiger partial charge in [0.2, 0.25) is 0 Å². The molecular formula is C17H28N2O5. The van der Waals surface area contributed by atoms with Crippen molar-refractivity contribution in [3.63, 3.8) is 0 Å². The number of hydrogen-bond donors (Lipinski definition) is 2. The number of carbonyl (C=O) groups is 2. The van der Waals surface area contributed by atoms with Crippen LogP contribution in [0.15, 0.2) is 0 Å². The first-order valence-corrected chi connectivity index (χ1v) is 7.97. The average molecular weight is 340 g/mol. The SMILES string of the molecule is CC(C)(C)OC(=O)N(C(=O)OC(C)(C)C)C1(C#CC(O)CN)CC1. The summed E-state index contributed by atoms with van der Waals surface area (Å²) in [6, 6.07) is 0. The zero-order valence-corrected chi connectivity index (χ0v) is 15.3. The molecule has 7 nitrogen and oxygen atoms in total. The second kappa shape index (κ2) is 6.99. The third-order valence-corrected chi connectivity index (χ3v) is 3.00. The van der Waals surface area contributed by atoms with Crippen LogP contribution < -0.4 is 5.73 Å². The number of carbonyl (C=O) groups excluding carboxylic acids is 2. The highest BCUT2D eigenvalue weighted by atomic mass is 16.6. The largest absolute Gasteiger partial charge is 0.443 e. The molecule has 2 amide bonds. The van der Waals surface area contributed by atoms with Crippen molar-refractivity contribution in [2.45, 2.75) is 77.2 Å². The van der Waals surface area contributed by atoms with Gasteiger partial charge in [-0.05, 0) is 54.4 Å². The van der Waals surface area contributed by atoms with Gasteiger partial charge in [0.05, 0.1) is 0 Å². The Bertz CT molecular complexity index is 516. The molecule has 0 aromatic heterocycles. The highest BCUT2D eigenvalue weighted by Crippen LogP contribution is 2.42. The van der Waals surface area contributed by atoms with Crippen molar-refractivity contribution in [1.29, 1.82) is 0 Å². The number of hydrogen-bond acceptors (Lipinski definition) is 6. The highest BCUT2D eigenvalue weighted by molar-refractivity contribution is 5.90. The minimum absolute atomic E-state index is 0.0258. The van der Waals surface area contributed by atoms with E-state index >= 15 is 0 Å². The van der Waals surface area contributed by atoms with Crippen molar-refractivity contribution in [3.8, 4) is 11.8 Å². The van der Waals surface area contributed by atoms with Crippen LogP contribution in [0.4, 0.5) is 9.59 Å². The molecule has 0 aliphatic heterocycles. The van der Waals surface area contributed by atoms with Gasteiger partial charge in [-0.2, -0.15) is 4.90 Å². The predicted molar refractivity (Wildman–Crippen MR) is 89.1 cm³/mol. The maximum absolute atomic E-state index is 12.5. The van der Waals surface area contributed by atoms with Gasteiger partial charge in [0.15, 0.2) is 0 Å². The first-order chi connectivity index (χ1) is 10.8. The first-order valence-electron chi connectivity index (χ1n) is 7.97. The Labute approximate surface area is 143 Å². The van der Waals surface area contributed by atoms with Crippen molar-refractivity contribution in [3.05, 3.63) is 0 Å². The number of aliphatic hydroxyl groups is 1. The lowest BCUT2D eigenvalue weighted by Crippen LogP contribution is -2.50. The smallest absolute Gasteiger partial charge is 0.421 e. The molecule has 1 atom stereocenters. The van der Waals surface area contributed by atoms with Crippen molar-refractivity contribution in [1.82, 2.24) is 4.90 Å². The molecule has 3 N–H and O–H groups in total. The molecule has 1 saturated carbocycles. The minimum Gasteiger partial charge on any atom is -0.443 e. The summed E-state index contributed by atoms with van der Waals surface area (Å²) in [6.45, 7) is 10.2. The minimum atomic E-state index is -1.01. The van der Waals surface area contributed by atoms with Crippen molar-refractivity contribution >= 4 is 12.2 Å². The van der Waals surface area contributed by atoms with E-state index in [0.717, 1.165) is 4.90 Å². The van der Waals surface area contributed by atoms with Gasteiger partial charge in [-0.1, -0.05) is 11.8 Å². The van der Waals surface area contributed by atoms with Crippen LogP contribution in [0.25, 0.3) is 0 Å². The summed E-state index contributed by atoms with van der Waals surface area (Å²) in [5, 5.41) is 9.53. The van der Waals surface area contributed by atoms with Gasteiger partial charge in [0.1, 0.15) is 22.8 Å². The molecule has 1 aliphatic carbocycles.